The van der Waals surface area contributed by atoms with Gasteiger partial charge < -0.3 is 10.4 Å². The summed E-state index contributed by atoms with van der Waals surface area (Å²) in [5.41, 5.74) is 0.938. The van der Waals surface area contributed by atoms with Crippen LogP contribution in [0.15, 0.2) is 18.2 Å². The van der Waals surface area contributed by atoms with Crippen LogP contribution in [0.2, 0.25) is 5.02 Å². The molecule has 0 heterocycles. The van der Waals surface area contributed by atoms with Crippen LogP contribution >= 0.6 is 11.6 Å². The van der Waals surface area contributed by atoms with E-state index in [4.69, 9.17) is 16.9 Å². The molecule has 1 fully saturated rings. The Bertz CT molecular complexity index is 512. The van der Waals surface area contributed by atoms with Gasteiger partial charge in [-0.3, -0.25) is 0 Å². The highest BCUT2D eigenvalue weighted by molar-refractivity contribution is 6.31. The Morgan fingerprint density at radius 2 is 2.35 bits per heavy atom. The van der Waals surface area contributed by atoms with Gasteiger partial charge in [-0.15, -0.1) is 0 Å². The van der Waals surface area contributed by atoms with Crippen molar-refractivity contribution in [3.8, 4) is 6.07 Å². The molecule has 108 valence electrons. The van der Waals surface area contributed by atoms with Crippen molar-refractivity contribution in [1.29, 1.82) is 5.26 Å². The number of hydrogen-bond acceptors (Lipinski definition) is 3. The Labute approximate surface area is 125 Å². The summed E-state index contributed by atoms with van der Waals surface area (Å²) >= 11 is 6.13. The maximum Gasteiger partial charge on any atom is 0.0992 e. The summed E-state index contributed by atoms with van der Waals surface area (Å²) in [5.74, 6) is 0.592. The Balaban J connectivity index is 1.88. The molecule has 2 atom stereocenters. The molecule has 0 aromatic heterocycles. The Hall–Kier alpha value is -1.08. The van der Waals surface area contributed by atoms with Crippen LogP contribution in [0.1, 0.15) is 43.7 Å². The van der Waals surface area contributed by atoms with E-state index in [1.807, 2.05) is 6.07 Å². The predicted octanol–water partition coefficient (Wildman–Crippen LogP) is 3.24. The fraction of sp³-hybridized carbons (Fsp3) is 0.562. The SMILES string of the molecule is CC1CCCC(O)(CNCc2ccc(C#N)cc2Cl)C1. The van der Waals surface area contributed by atoms with E-state index in [0.717, 1.165) is 24.8 Å². The maximum atomic E-state index is 10.5. The molecule has 0 saturated heterocycles. The molecule has 0 amide bonds. The second-order valence-corrected chi connectivity index (χ2v) is 6.35. The zero-order valence-corrected chi connectivity index (χ0v) is 12.6. The number of hydrogen-bond donors (Lipinski definition) is 2. The molecule has 0 radical (unpaired) electrons. The highest BCUT2D eigenvalue weighted by Crippen LogP contribution is 2.31. The first-order valence-corrected chi connectivity index (χ1v) is 7.52. The molecule has 1 aromatic carbocycles. The predicted molar refractivity (Wildman–Crippen MR) is 80.5 cm³/mol. The lowest BCUT2D eigenvalue weighted by Crippen LogP contribution is -2.43. The molecule has 0 aliphatic heterocycles. The number of halogens is 1. The van der Waals surface area contributed by atoms with Gasteiger partial charge in [-0.2, -0.15) is 5.26 Å². The van der Waals surface area contributed by atoms with Crippen LogP contribution in [0, 0.1) is 17.2 Å². The number of benzene rings is 1. The van der Waals surface area contributed by atoms with Crippen LogP contribution in [0.5, 0.6) is 0 Å². The minimum Gasteiger partial charge on any atom is -0.389 e. The number of nitriles is 1. The van der Waals surface area contributed by atoms with Crippen LogP contribution in [0.3, 0.4) is 0 Å². The summed E-state index contributed by atoms with van der Waals surface area (Å²) in [6, 6.07) is 7.37. The van der Waals surface area contributed by atoms with E-state index < -0.39 is 5.60 Å². The third kappa shape index (κ3) is 3.96. The molecule has 2 N–H and O–H groups in total. The van der Waals surface area contributed by atoms with E-state index in [-0.39, 0.29) is 0 Å². The molecule has 3 nitrogen and oxygen atoms in total. The van der Waals surface area contributed by atoms with Crippen molar-refractivity contribution < 1.29 is 5.11 Å². The smallest absolute Gasteiger partial charge is 0.0992 e. The molecular weight excluding hydrogens is 272 g/mol. The van der Waals surface area contributed by atoms with Gasteiger partial charge in [-0.1, -0.05) is 37.4 Å². The van der Waals surface area contributed by atoms with Crippen LogP contribution in [-0.2, 0) is 6.54 Å². The zero-order valence-electron chi connectivity index (χ0n) is 11.8. The largest absolute Gasteiger partial charge is 0.389 e. The lowest BCUT2D eigenvalue weighted by atomic mass is 9.79. The Morgan fingerprint density at radius 3 is 3.00 bits per heavy atom. The zero-order chi connectivity index (χ0) is 14.6. The number of nitrogens with one attached hydrogen (secondary N) is 1. The topological polar surface area (TPSA) is 56.0 Å². The summed E-state index contributed by atoms with van der Waals surface area (Å²) in [6.07, 6.45) is 4.03. The van der Waals surface area contributed by atoms with E-state index in [2.05, 4.69) is 18.3 Å². The molecule has 1 aromatic rings. The fourth-order valence-electron chi connectivity index (χ4n) is 2.98. The highest BCUT2D eigenvalue weighted by Gasteiger charge is 2.31. The number of aliphatic hydroxyl groups is 1. The van der Waals surface area contributed by atoms with Crippen LogP contribution in [-0.4, -0.2) is 17.3 Å². The fourth-order valence-corrected chi connectivity index (χ4v) is 3.23. The van der Waals surface area contributed by atoms with E-state index in [1.165, 1.54) is 6.42 Å². The van der Waals surface area contributed by atoms with Crippen molar-refractivity contribution in [2.75, 3.05) is 6.54 Å². The molecule has 20 heavy (non-hydrogen) atoms. The standard InChI is InChI=1S/C16H21ClN2O/c1-12-3-2-6-16(20,8-12)11-19-10-14-5-4-13(9-18)7-15(14)17/h4-5,7,12,19-20H,2-3,6,8,10-11H2,1H3. The molecule has 1 saturated carbocycles. The average Bonchev–Trinajstić information content (AvgIpc) is 2.40. The van der Waals surface area contributed by atoms with Gasteiger partial charge >= 0.3 is 0 Å². The highest BCUT2D eigenvalue weighted by atomic mass is 35.5. The van der Waals surface area contributed by atoms with Crippen molar-refractivity contribution in [2.24, 2.45) is 5.92 Å². The first kappa shape index (κ1) is 15.3. The van der Waals surface area contributed by atoms with E-state index in [9.17, 15) is 5.11 Å². The van der Waals surface area contributed by atoms with Gasteiger partial charge in [-0.25, -0.2) is 0 Å². The molecule has 0 bridgehead atoms. The first-order valence-electron chi connectivity index (χ1n) is 7.14. The van der Waals surface area contributed by atoms with Crippen molar-refractivity contribution in [3.63, 3.8) is 0 Å². The third-order valence-corrected chi connectivity index (χ3v) is 4.37. The molecule has 2 unspecified atom stereocenters. The van der Waals surface area contributed by atoms with E-state index >= 15 is 0 Å². The van der Waals surface area contributed by atoms with Crippen LogP contribution in [0.4, 0.5) is 0 Å². The summed E-state index contributed by atoms with van der Waals surface area (Å²) in [5, 5.41) is 23.2. The minimum absolute atomic E-state index is 0.568. The minimum atomic E-state index is -0.587. The van der Waals surface area contributed by atoms with Crippen molar-refractivity contribution >= 4 is 11.6 Å². The van der Waals surface area contributed by atoms with Gasteiger partial charge in [0, 0.05) is 18.1 Å². The Kier molecular flexibility index (Phi) is 5.04. The second-order valence-electron chi connectivity index (χ2n) is 5.95. The molecular formula is C16H21ClN2O. The Morgan fingerprint density at radius 1 is 1.55 bits per heavy atom. The van der Waals surface area contributed by atoms with Gasteiger partial charge in [0.1, 0.15) is 0 Å². The van der Waals surface area contributed by atoms with Crippen LogP contribution in [0.25, 0.3) is 0 Å². The normalized spacial score (nSPS) is 26.2. The summed E-state index contributed by atoms with van der Waals surface area (Å²) in [7, 11) is 0. The van der Waals surface area contributed by atoms with E-state index in [0.29, 0.717) is 29.6 Å². The van der Waals surface area contributed by atoms with Gasteiger partial charge in [0.15, 0.2) is 0 Å². The molecule has 2 rings (SSSR count). The molecule has 0 spiro atoms. The van der Waals surface area contributed by atoms with Gasteiger partial charge in [0.05, 0.1) is 17.2 Å². The van der Waals surface area contributed by atoms with Gasteiger partial charge in [0.25, 0.3) is 0 Å². The van der Waals surface area contributed by atoms with Crippen molar-refractivity contribution in [3.05, 3.63) is 34.3 Å². The lowest BCUT2D eigenvalue weighted by molar-refractivity contribution is -0.0119. The maximum absolute atomic E-state index is 10.5. The molecule has 1 aliphatic carbocycles. The lowest BCUT2D eigenvalue weighted by Gasteiger charge is -2.35. The van der Waals surface area contributed by atoms with Crippen molar-refractivity contribution in [2.45, 2.75) is 44.8 Å². The third-order valence-electron chi connectivity index (χ3n) is 4.02. The second kappa shape index (κ2) is 6.58. The molecule has 4 heteroatoms. The van der Waals surface area contributed by atoms with Crippen molar-refractivity contribution in [1.82, 2.24) is 5.32 Å². The quantitative estimate of drug-likeness (QED) is 0.896. The van der Waals surface area contributed by atoms with E-state index in [1.54, 1.807) is 12.1 Å². The summed E-state index contributed by atoms with van der Waals surface area (Å²) in [6.45, 7) is 3.40. The summed E-state index contributed by atoms with van der Waals surface area (Å²) < 4.78 is 0. The van der Waals surface area contributed by atoms with Gasteiger partial charge in [-0.05, 0) is 36.5 Å². The molecule has 1 aliphatic rings. The summed E-state index contributed by atoms with van der Waals surface area (Å²) in [4.78, 5) is 0. The van der Waals surface area contributed by atoms with Crippen LogP contribution < -0.4 is 5.32 Å². The number of rotatable bonds is 4. The average molecular weight is 293 g/mol. The monoisotopic (exact) mass is 292 g/mol. The number of nitrogens with zero attached hydrogens (tertiary/aromatic N) is 1. The first-order chi connectivity index (χ1) is 9.52. The van der Waals surface area contributed by atoms with Gasteiger partial charge in [0.2, 0.25) is 0 Å².